The van der Waals surface area contributed by atoms with Gasteiger partial charge in [-0.25, -0.2) is 4.79 Å². The minimum Gasteiger partial charge on any atom is -0.444 e. The van der Waals surface area contributed by atoms with Crippen molar-refractivity contribution in [3.63, 3.8) is 0 Å². The molecule has 0 bridgehead atoms. The molecule has 2 rings (SSSR count). The molecule has 5 heteroatoms. The molecular formula is C14H26N2O3. The van der Waals surface area contributed by atoms with E-state index in [4.69, 9.17) is 4.74 Å². The molecule has 110 valence electrons. The summed E-state index contributed by atoms with van der Waals surface area (Å²) >= 11 is 0. The van der Waals surface area contributed by atoms with E-state index >= 15 is 0 Å². The third kappa shape index (κ3) is 3.20. The van der Waals surface area contributed by atoms with E-state index in [1.807, 2.05) is 20.8 Å². The van der Waals surface area contributed by atoms with Crippen molar-refractivity contribution in [1.29, 1.82) is 0 Å². The van der Waals surface area contributed by atoms with E-state index in [0.717, 1.165) is 32.2 Å². The fourth-order valence-corrected chi connectivity index (χ4v) is 2.99. The Morgan fingerprint density at radius 2 is 2.16 bits per heavy atom. The lowest BCUT2D eigenvalue weighted by Crippen LogP contribution is -2.54. The van der Waals surface area contributed by atoms with Crippen molar-refractivity contribution in [3.05, 3.63) is 0 Å². The molecule has 2 aliphatic rings. The maximum atomic E-state index is 12.4. The summed E-state index contributed by atoms with van der Waals surface area (Å²) in [5.74, 6) is 0. The van der Waals surface area contributed by atoms with E-state index < -0.39 is 5.60 Å². The molecule has 1 unspecified atom stereocenters. The number of carbonyl (C=O) groups excluding carboxylic acids is 1. The van der Waals surface area contributed by atoms with Gasteiger partial charge in [0, 0.05) is 12.6 Å². The smallest absolute Gasteiger partial charge is 0.410 e. The summed E-state index contributed by atoms with van der Waals surface area (Å²) in [6.07, 6.45) is 3.97. The van der Waals surface area contributed by atoms with Crippen LogP contribution in [0.25, 0.3) is 0 Å². The molecule has 0 radical (unpaired) electrons. The lowest BCUT2D eigenvalue weighted by atomic mass is 10.0. The molecule has 1 atom stereocenters. The summed E-state index contributed by atoms with van der Waals surface area (Å²) in [6.45, 7) is 6.97. The molecule has 2 N–H and O–H groups in total. The number of carbonyl (C=O) groups is 1. The van der Waals surface area contributed by atoms with Crippen molar-refractivity contribution >= 4 is 6.09 Å². The van der Waals surface area contributed by atoms with Gasteiger partial charge in [-0.15, -0.1) is 0 Å². The highest BCUT2D eigenvalue weighted by Crippen LogP contribution is 2.47. The standard InChI is InChI=1S/C14H26N2O3/c1-13(2,3)19-12(18)16(9-10-17)14(6-7-14)11-5-4-8-15-11/h11,15,17H,4-10H2,1-3H3. The Labute approximate surface area is 115 Å². The second-order valence-electron chi connectivity index (χ2n) is 6.61. The Hall–Kier alpha value is -0.810. The highest BCUT2D eigenvalue weighted by Gasteiger charge is 2.56. The monoisotopic (exact) mass is 270 g/mol. The summed E-state index contributed by atoms with van der Waals surface area (Å²) in [5, 5.41) is 12.7. The molecule has 2 fully saturated rings. The van der Waals surface area contributed by atoms with Crippen LogP contribution >= 0.6 is 0 Å². The van der Waals surface area contributed by atoms with E-state index in [1.165, 1.54) is 0 Å². The number of aliphatic hydroxyl groups is 1. The number of nitrogens with one attached hydrogen (secondary N) is 1. The minimum atomic E-state index is -0.496. The highest BCUT2D eigenvalue weighted by molar-refractivity contribution is 5.70. The molecule has 1 aliphatic heterocycles. The van der Waals surface area contributed by atoms with E-state index in [1.54, 1.807) is 4.90 Å². The Kier molecular flexibility index (Phi) is 4.06. The van der Waals surface area contributed by atoms with Gasteiger partial charge in [0.2, 0.25) is 0 Å². The second kappa shape index (κ2) is 5.29. The summed E-state index contributed by atoms with van der Waals surface area (Å²) in [5.41, 5.74) is -0.620. The highest BCUT2D eigenvalue weighted by atomic mass is 16.6. The summed E-state index contributed by atoms with van der Waals surface area (Å²) in [7, 11) is 0. The maximum Gasteiger partial charge on any atom is 0.410 e. The van der Waals surface area contributed by atoms with Crippen LogP contribution in [0.5, 0.6) is 0 Å². The van der Waals surface area contributed by atoms with Gasteiger partial charge >= 0.3 is 6.09 Å². The van der Waals surface area contributed by atoms with Gasteiger partial charge in [0.1, 0.15) is 5.60 Å². The molecule has 0 spiro atoms. The number of nitrogens with zero attached hydrogens (tertiary/aromatic N) is 1. The maximum absolute atomic E-state index is 12.4. The fourth-order valence-electron chi connectivity index (χ4n) is 2.99. The van der Waals surface area contributed by atoms with Gasteiger partial charge in [0.05, 0.1) is 12.1 Å². The summed E-state index contributed by atoms with van der Waals surface area (Å²) in [4.78, 5) is 14.1. The lowest BCUT2D eigenvalue weighted by Gasteiger charge is -2.37. The summed E-state index contributed by atoms with van der Waals surface area (Å²) in [6, 6.07) is 0.353. The van der Waals surface area contributed by atoms with Gasteiger partial charge in [-0.1, -0.05) is 0 Å². The largest absolute Gasteiger partial charge is 0.444 e. The van der Waals surface area contributed by atoms with E-state index in [9.17, 15) is 9.90 Å². The molecule has 1 aliphatic carbocycles. The number of aliphatic hydroxyl groups excluding tert-OH is 1. The van der Waals surface area contributed by atoms with E-state index in [0.29, 0.717) is 12.6 Å². The Morgan fingerprint density at radius 1 is 1.47 bits per heavy atom. The van der Waals surface area contributed by atoms with Crippen LogP contribution in [0, 0.1) is 0 Å². The molecule has 1 saturated heterocycles. The van der Waals surface area contributed by atoms with Crippen LogP contribution in [0.3, 0.4) is 0 Å². The normalized spacial score (nSPS) is 25.2. The third-order valence-corrected chi connectivity index (χ3v) is 3.95. The molecule has 0 aromatic carbocycles. The number of hydrogen-bond acceptors (Lipinski definition) is 4. The van der Waals surface area contributed by atoms with Gasteiger partial charge in [0.25, 0.3) is 0 Å². The van der Waals surface area contributed by atoms with Gasteiger partial charge in [-0.2, -0.15) is 0 Å². The van der Waals surface area contributed by atoms with Crippen LogP contribution in [-0.4, -0.2) is 53.0 Å². The van der Waals surface area contributed by atoms with Crippen LogP contribution < -0.4 is 5.32 Å². The van der Waals surface area contributed by atoms with Crippen molar-refractivity contribution < 1.29 is 14.6 Å². The van der Waals surface area contributed by atoms with E-state index in [-0.39, 0.29) is 18.2 Å². The Bertz CT molecular complexity index is 328. The number of amides is 1. The minimum absolute atomic E-state index is 0.0201. The third-order valence-electron chi connectivity index (χ3n) is 3.95. The van der Waals surface area contributed by atoms with Crippen LogP contribution in [0.15, 0.2) is 0 Å². The summed E-state index contributed by atoms with van der Waals surface area (Å²) < 4.78 is 5.49. The van der Waals surface area contributed by atoms with Crippen molar-refractivity contribution in [2.24, 2.45) is 0 Å². The number of hydrogen-bond donors (Lipinski definition) is 2. The molecule has 5 nitrogen and oxygen atoms in total. The first-order chi connectivity index (χ1) is 8.89. The molecular weight excluding hydrogens is 244 g/mol. The second-order valence-corrected chi connectivity index (χ2v) is 6.61. The van der Waals surface area contributed by atoms with Gasteiger partial charge in [-0.05, 0) is 53.0 Å². The zero-order valence-electron chi connectivity index (χ0n) is 12.2. The first-order valence-corrected chi connectivity index (χ1v) is 7.24. The molecule has 1 saturated carbocycles. The average Bonchev–Trinajstić information content (AvgIpc) is 2.89. The molecule has 19 heavy (non-hydrogen) atoms. The quantitative estimate of drug-likeness (QED) is 0.812. The predicted molar refractivity (Wildman–Crippen MR) is 73.0 cm³/mol. The SMILES string of the molecule is CC(C)(C)OC(=O)N(CCO)C1(C2CCCN2)CC1. The van der Waals surface area contributed by atoms with Crippen LogP contribution in [0.2, 0.25) is 0 Å². The topological polar surface area (TPSA) is 61.8 Å². The average molecular weight is 270 g/mol. The first kappa shape index (κ1) is 14.6. The van der Waals surface area contributed by atoms with Gasteiger partial charge < -0.3 is 15.2 Å². The predicted octanol–water partition coefficient (Wildman–Crippen LogP) is 1.50. The van der Waals surface area contributed by atoms with Crippen LogP contribution in [-0.2, 0) is 4.74 Å². The molecule has 1 amide bonds. The zero-order chi connectivity index (χ0) is 14.1. The molecule has 0 aromatic heterocycles. The van der Waals surface area contributed by atoms with Crippen LogP contribution in [0.1, 0.15) is 46.5 Å². The molecule has 1 heterocycles. The van der Waals surface area contributed by atoms with Crippen molar-refractivity contribution in [1.82, 2.24) is 10.2 Å². The first-order valence-electron chi connectivity index (χ1n) is 7.24. The van der Waals surface area contributed by atoms with Gasteiger partial charge in [0.15, 0.2) is 0 Å². The van der Waals surface area contributed by atoms with Crippen molar-refractivity contribution in [2.45, 2.75) is 63.6 Å². The number of β-amino-alcohol motifs (C(OH)–C–C–N with tert-alkyl or cyclic N) is 1. The lowest BCUT2D eigenvalue weighted by molar-refractivity contribution is 0.00448. The Balaban J connectivity index is 2.08. The van der Waals surface area contributed by atoms with Gasteiger partial charge in [-0.3, -0.25) is 4.90 Å². The zero-order valence-corrected chi connectivity index (χ0v) is 12.2. The Morgan fingerprint density at radius 3 is 2.58 bits per heavy atom. The number of rotatable bonds is 4. The van der Waals surface area contributed by atoms with Crippen LogP contribution in [0.4, 0.5) is 4.79 Å². The van der Waals surface area contributed by atoms with Crippen molar-refractivity contribution in [3.8, 4) is 0 Å². The molecule has 0 aromatic rings. The van der Waals surface area contributed by atoms with E-state index in [2.05, 4.69) is 5.32 Å². The fraction of sp³-hybridized carbons (Fsp3) is 0.929. The number of ether oxygens (including phenoxy) is 1. The van der Waals surface area contributed by atoms with Crippen molar-refractivity contribution in [2.75, 3.05) is 19.7 Å².